The summed E-state index contributed by atoms with van der Waals surface area (Å²) in [5, 5.41) is 4.06. The van der Waals surface area contributed by atoms with E-state index < -0.39 is 0 Å². The molecule has 4 rings (SSSR count). The second-order valence-corrected chi connectivity index (χ2v) is 6.63. The lowest BCUT2D eigenvalue weighted by atomic mass is 9.99. The standard InChI is InChI=1S/C17H15BrN4O/c18-15-5-1-3-12(7-15)9-22-10-14(11-22)17-20-16(21-23-17)13-4-2-6-19-8-13/h1-8,14H,9-11H2. The summed E-state index contributed by atoms with van der Waals surface area (Å²) in [6, 6.07) is 12.2. The third kappa shape index (κ3) is 3.18. The second kappa shape index (κ2) is 6.22. The van der Waals surface area contributed by atoms with Crippen LogP contribution in [0.2, 0.25) is 0 Å². The van der Waals surface area contributed by atoms with Crippen LogP contribution in [0.5, 0.6) is 0 Å². The van der Waals surface area contributed by atoms with Gasteiger partial charge >= 0.3 is 0 Å². The summed E-state index contributed by atoms with van der Waals surface area (Å²) in [5.41, 5.74) is 2.19. The molecule has 0 unspecified atom stereocenters. The molecule has 1 saturated heterocycles. The second-order valence-electron chi connectivity index (χ2n) is 5.72. The molecule has 0 aliphatic carbocycles. The number of likely N-dealkylation sites (tertiary alicyclic amines) is 1. The van der Waals surface area contributed by atoms with Crippen LogP contribution in [-0.2, 0) is 6.54 Å². The van der Waals surface area contributed by atoms with Gasteiger partial charge in [0, 0.05) is 42.1 Å². The summed E-state index contributed by atoms with van der Waals surface area (Å²) in [5.74, 6) is 1.65. The Morgan fingerprint density at radius 2 is 2.13 bits per heavy atom. The van der Waals surface area contributed by atoms with Gasteiger partial charge in [-0.25, -0.2) is 0 Å². The van der Waals surface area contributed by atoms with Crippen molar-refractivity contribution >= 4 is 15.9 Å². The Balaban J connectivity index is 1.38. The molecule has 0 spiro atoms. The fourth-order valence-corrected chi connectivity index (χ4v) is 3.21. The summed E-state index contributed by atoms with van der Waals surface area (Å²) in [7, 11) is 0. The Hall–Kier alpha value is -2.05. The van der Waals surface area contributed by atoms with Crippen molar-refractivity contribution in [2.45, 2.75) is 12.5 Å². The molecule has 3 aromatic rings. The van der Waals surface area contributed by atoms with E-state index in [0.29, 0.717) is 17.6 Å². The van der Waals surface area contributed by atoms with Crippen LogP contribution in [0.4, 0.5) is 0 Å². The minimum Gasteiger partial charge on any atom is -0.339 e. The zero-order chi connectivity index (χ0) is 15.6. The summed E-state index contributed by atoms with van der Waals surface area (Å²) in [6.45, 7) is 2.84. The van der Waals surface area contributed by atoms with Crippen molar-refractivity contribution in [3.8, 4) is 11.4 Å². The van der Waals surface area contributed by atoms with E-state index in [-0.39, 0.29) is 0 Å². The zero-order valence-corrected chi connectivity index (χ0v) is 14.0. The molecular weight excluding hydrogens is 356 g/mol. The van der Waals surface area contributed by atoms with E-state index in [4.69, 9.17) is 4.52 Å². The van der Waals surface area contributed by atoms with Crippen LogP contribution in [0.1, 0.15) is 17.4 Å². The number of pyridine rings is 1. The minimum absolute atomic E-state index is 0.320. The highest BCUT2D eigenvalue weighted by Gasteiger charge is 2.32. The molecule has 0 atom stereocenters. The van der Waals surface area contributed by atoms with E-state index in [1.807, 2.05) is 18.2 Å². The van der Waals surface area contributed by atoms with E-state index in [9.17, 15) is 0 Å². The molecule has 2 aromatic heterocycles. The third-order valence-corrected chi connectivity index (χ3v) is 4.46. The van der Waals surface area contributed by atoms with Crippen molar-refractivity contribution in [3.05, 3.63) is 64.7 Å². The molecule has 1 fully saturated rings. The Morgan fingerprint density at radius 1 is 1.22 bits per heavy atom. The van der Waals surface area contributed by atoms with Gasteiger partial charge in [0.15, 0.2) is 0 Å². The SMILES string of the molecule is Brc1cccc(CN2CC(c3nc(-c4cccnc4)no3)C2)c1. The van der Waals surface area contributed by atoms with E-state index >= 15 is 0 Å². The molecule has 23 heavy (non-hydrogen) atoms. The van der Waals surface area contributed by atoms with E-state index in [1.54, 1.807) is 12.4 Å². The molecule has 1 aromatic carbocycles. The molecule has 6 heteroatoms. The maximum atomic E-state index is 5.42. The van der Waals surface area contributed by atoms with Gasteiger partial charge < -0.3 is 4.52 Å². The van der Waals surface area contributed by atoms with Crippen LogP contribution in [0.3, 0.4) is 0 Å². The van der Waals surface area contributed by atoms with Gasteiger partial charge in [-0.05, 0) is 29.8 Å². The highest BCUT2D eigenvalue weighted by atomic mass is 79.9. The van der Waals surface area contributed by atoms with Gasteiger partial charge in [0.05, 0.1) is 5.92 Å². The van der Waals surface area contributed by atoms with Gasteiger partial charge in [0.1, 0.15) is 0 Å². The molecule has 0 amide bonds. The Bertz CT molecular complexity index is 799. The van der Waals surface area contributed by atoms with Gasteiger partial charge in [-0.3, -0.25) is 9.88 Å². The van der Waals surface area contributed by atoms with Crippen LogP contribution >= 0.6 is 15.9 Å². The van der Waals surface area contributed by atoms with Gasteiger partial charge in [-0.15, -0.1) is 0 Å². The molecule has 116 valence electrons. The first-order valence-electron chi connectivity index (χ1n) is 7.49. The van der Waals surface area contributed by atoms with Crippen LogP contribution in [0, 0.1) is 0 Å². The summed E-state index contributed by atoms with van der Waals surface area (Å²) in [4.78, 5) is 11.0. The average molecular weight is 371 g/mol. The van der Waals surface area contributed by atoms with Crippen molar-refractivity contribution in [2.24, 2.45) is 0 Å². The lowest BCUT2D eigenvalue weighted by Crippen LogP contribution is -2.44. The van der Waals surface area contributed by atoms with Crippen LogP contribution in [0.25, 0.3) is 11.4 Å². The molecule has 3 heterocycles. The molecule has 0 saturated carbocycles. The van der Waals surface area contributed by atoms with Crippen LogP contribution in [0.15, 0.2) is 57.8 Å². The summed E-state index contributed by atoms with van der Waals surface area (Å²) >= 11 is 3.51. The number of halogens is 1. The Kier molecular flexibility index (Phi) is 3.93. The lowest BCUT2D eigenvalue weighted by Gasteiger charge is -2.37. The molecule has 0 bridgehead atoms. The van der Waals surface area contributed by atoms with Crippen molar-refractivity contribution in [1.29, 1.82) is 0 Å². The van der Waals surface area contributed by atoms with Gasteiger partial charge in [0.2, 0.25) is 11.7 Å². The van der Waals surface area contributed by atoms with Crippen molar-refractivity contribution in [3.63, 3.8) is 0 Å². The van der Waals surface area contributed by atoms with Gasteiger partial charge in [-0.1, -0.05) is 33.2 Å². The smallest absolute Gasteiger partial charge is 0.232 e. The largest absolute Gasteiger partial charge is 0.339 e. The molecular formula is C17H15BrN4O. The Labute approximate surface area is 142 Å². The number of nitrogens with zero attached hydrogens (tertiary/aromatic N) is 4. The van der Waals surface area contributed by atoms with Gasteiger partial charge in [-0.2, -0.15) is 4.98 Å². The normalized spacial score (nSPS) is 15.5. The first kappa shape index (κ1) is 14.5. The predicted molar refractivity (Wildman–Crippen MR) is 89.7 cm³/mol. The zero-order valence-electron chi connectivity index (χ0n) is 12.4. The van der Waals surface area contributed by atoms with Crippen LogP contribution < -0.4 is 0 Å². The maximum Gasteiger partial charge on any atom is 0.232 e. The molecule has 0 radical (unpaired) electrons. The highest BCUT2D eigenvalue weighted by Crippen LogP contribution is 2.29. The van der Waals surface area contributed by atoms with Crippen LogP contribution in [-0.4, -0.2) is 33.1 Å². The van der Waals surface area contributed by atoms with Crippen molar-refractivity contribution < 1.29 is 4.52 Å². The average Bonchev–Trinajstić information content (AvgIpc) is 3.01. The van der Waals surface area contributed by atoms with Gasteiger partial charge in [0.25, 0.3) is 0 Å². The third-order valence-electron chi connectivity index (χ3n) is 3.96. The van der Waals surface area contributed by atoms with Crippen molar-refractivity contribution in [1.82, 2.24) is 20.0 Å². The highest BCUT2D eigenvalue weighted by molar-refractivity contribution is 9.10. The van der Waals surface area contributed by atoms with E-state index in [0.717, 1.165) is 29.7 Å². The molecule has 1 aliphatic heterocycles. The van der Waals surface area contributed by atoms with E-state index in [1.165, 1.54) is 5.56 Å². The number of hydrogen-bond acceptors (Lipinski definition) is 5. The van der Waals surface area contributed by atoms with Crippen molar-refractivity contribution in [2.75, 3.05) is 13.1 Å². The number of rotatable bonds is 4. The first-order valence-corrected chi connectivity index (χ1v) is 8.28. The number of aromatic nitrogens is 3. The summed E-state index contributed by atoms with van der Waals surface area (Å²) in [6.07, 6.45) is 3.48. The molecule has 0 N–H and O–H groups in total. The quantitative estimate of drug-likeness (QED) is 0.703. The number of hydrogen-bond donors (Lipinski definition) is 0. The fraction of sp³-hybridized carbons (Fsp3) is 0.235. The monoisotopic (exact) mass is 370 g/mol. The van der Waals surface area contributed by atoms with E-state index in [2.05, 4.69) is 54.2 Å². The molecule has 5 nitrogen and oxygen atoms in total. The number of benzene rings is 1. The maximum absolute atomic E-state index is 5.42. The fourth-order valence-electron chi connectivity index (χ4n) is 2.76. The Morgan fingerprint density at radius 3 is 2.91 bits per heavy atom. The first-order chi connectivity index (χ1) is 11.3. The minimum atomic E-state index is 0.320. The summed E-state index contributed by atoms with van der Waals surface area (Å²) < 4.78 is 6.53. The predicted octanol–water partition coefficient (Wildman–Crippen LogP) is 3.49. The lowest BCUT2D eigenvalue weighted by molar-refractivity contribution is 0.117. The topological polar surface area (TPSA) is 55.1 Å². The molecule has 1 aliphatic rings.